The minimum atomic E-state index is -1.06. The van der Waals surface area contributed by atoms with E-state index < -0.39 is 12.1 Å². The highest BCUT2D eigenvalue weighted by atomic mass is 32.1. The zero-order valence-electron chi connectivity index (χ0n) is 15.1. The third-order valence-electron chi connectivity index (χ3n) is 5.51. The number of hydrogen-bond donors (Lipinski definition) is 2. The first-order chi connectivity index (χ1) is 14.1. The number of pyridine rings is 1. The Morgan fingerprint density at radius 1 is 1.28 bits per heavy atom. The molecule has 0 aliphatic heterocycles. The number of anilines is 1. The monoisotopic (exact) mass is 411 g/mol. The summed E-state index contributed by atoms with van der Waals surface area (Å²) in [6.45, 7) is 0. The quantitative estimate of drug-likeness (QED) is 0.516. The normalized spacial score (nSPS) is 21.0. The molecule has 2 fully saturated rings. The lowest BCUT2D eigenvalue weighted by atomic mass is 9.96. The summed E-state index contributed by atoms with van der Waals surface area (Å²) in [4.78, 5) is 21.7. The van der Waals surface area contributed by atoms with Crippen LogP contribution in [0.25, 0.3) is 32.5 Å². The summed E-state index contributed by atoms with van der Waals surface area (Å²) in [5.74, 6) is -0.972. The molecule has 146 valence electrons. The number of hydrogen-bond acceptors (Lipinski definition) is 5. The van der Waals surface area contributed by atoms with Gasteiger partial charge in [-0.2, -0.15) is 5.10 Å². The second-order valence-corrected chi connectivity index (χ2v) is 8.62. The van der Waals surface area contributed by atoms with Gasteiger partial charge in [-0.25, -0.2) is 18.7 Å². The number of nitrogens with one attached hydrogen (secondary N) is 2. The molecule has 3 aromatic heterocycles. The first-order valence-corrected chi connectivity index (χ1v) is 10.3. The van der Waals surface area contributed by atoms with Crippen molar-refractivity contribution in [3.8, 4) is 11.3 Å². The highest BCUT2D eigenvalue weighted by Crippen LogP contribution is 2.48. The fourth-order valence-corrected chi connectivity index (χ4v) is 4.61. The van der Waals surface area contributed by atoms with Crippen molar-refractivity contribution >= 4 is 43.6 Å². The molecule has 9 heteroatoms. The summed E-state index contributed by atoms with van der Waals surface area (Å²) in [5.41, 5.74) is 3.36. The van der Waals surface area contributed by atoms with Gasteiger partial charge in [0.05, 0.1) is 23.3 Å². The summed E-state index contributed by atoms with van der Waals surface area (Å²) < 4.78 is 27.9. The number of aromatic amines is 1. The van der Waals surface area contributed by atoms with Crippen LogP contribution in [-0.4, -0.2) is 32.2 Å². The van der Waals surface area contributed by atoms with Gasteiger partial charge in [-0.15, -0.1) is 0 Å². The summed E-state index contributed by atoms with van der Waals surface area (Å²) in [6, 6.07) is 5.13. The average Bonchev–Trinajstić information content (AvgIpc) is 3.57. The van der Waals surface area contributed by atoms with Gasteiger partial charge in [-0.3, -0.25) is 9.89 Å². The molecule has 2 N–H and O–H groups in total. The van der Waals surface area contributed by atoms with Crippen LogP contribution in [0.3, 0.4) is 0 Å². The minimum Gasteiger partial charge on any atom is -0.302 e. The molecular formula is C20H15F2N5OS. The summed E-state index contributed by atoms with van der Waals surface area (Å²) in [6.07, 6.45) is 2.83. The van der Waals surface area contributed by atoms with Crippen molar-refractivity contribution in [3.63, 3.8) is 0 Å². The predicted molar refractivity (Wildman–Crippen MR) is 106 cm³/mol. The Morgan fingerprint density at radius 2 is 2.10 bits per heavy atom. The van der Waals surface area contributed by atoms with E-state index >= 15 is 0 Å². The van der Waals surface area contributed by atoms with E-state index in [9.17, 15) is 13.6 Å². The maximum atomic E-state index is 14.8. The second kappa shape index (κ2) is 6.03. The van der Waals surface area contributed by atoms with Crippen molar-refractivity contribution in [2.45, 2.75) is 31.4 Å². The molecule has 4 aromatic rings. The maximum Gasteiger partial charge on any atom is 0.232 e. The van der Waals surface area contributed by atoms with E-state index in [1.807, 2.05) is 12.1 Å². The number of nitrogens with zero attached hydrogens (tertiary/aromatic N) is 3. The molecule has 6 nitrogen and oxygen atoms in total. The average molecular weight is 411 g/mol. The smallest absolute Gasteiger partial charge is 0.232 e. The molecular weight excluding hydrogens is 396 g/mol. The van der Waals surface area contributed by atoms with E-state index in [1.165, 1.54) is 17.4 Å². The molecule has 2 aliphatic rings. The minimum absolute atomic E-state index is 0.199. The molecule has 3 heterocycles. The van der Waals surface area contributed by atoms with Crippen LogP contribution in [0.4, 0.5) is 13.9 Å². The number of rotatable bonds is 4. The van der Waals surface area contributed by atoms with Crippen LogP contribution in [0.1, 0.15) is 30.7 Å². The van der Waals surface area contributed by atoms with Gasteiger partial charge in [0.15, 0.2) is 5.13 Å². The molecule has 2 aliphatic carbocycles. The van der Waals surface area contributed by atoms with Crippen molar-refractivity contribution in [1.29, 1.82) is 0 Å². The molecule has 0 saturated heterocycles. The number of alkyl halides is 1. The summed E-state index contributed by atoms with van der Waals surface area (Å²) >= 11 is 1.23. The Hall–Kier alpha value is -2.94. The van der Waals surface area contributed by atoms with E-state index in [4.69, 9.17) is 4.98 Å². The van der Waals surface area contributed by atoms with Gasteiger partial charge in [-0.05, 0) is 43.4 Å². The molecule has 0 radical (unpaired) electrons. The van der Waals surface area contributed by atoms with E-state index in [-0.39, 0.29) is 24.1 Å². The highest BCUT2D eigenvalue weighted by Gasteiger charge is 2.44. The number of fused-ring (bicyclic) bond motifs is 2. The van der Waals surface area contributed by atoms with Crippen LogP contribution < -0.4 is 5.32 Å². The second-order valence-electron chi connectivity index (χ2n) is 7.64. The molecule has 2 atom stereocenters. The van der Waals surface area contributed by atoms with Crippen molar-refractivity contribution < 1.29 is 13.6 Å². The van der Waals surface area contributed by atoms with E-state index in [0.717, 1.165) is 23.8 Å². The lowest BCUT2D eigenvalue weighted by Gasteiger charge is -2.11. The van der Waals surface area contributed by atoms with Crippen molar-refractivity contribution in [1.82, 2.24) is 20.2 Å². The number of amides is 1. The number of aromatic nitrogens is 4. The third kappa shape index (κ3) is 2.79. The van der Waals surface area contributed by atoms with Gasteiger partial charge < -0.3 is 5.32 Å². The van der Waals surface area contributed by atoms with Crippen molar-refractivity contribution in [3.05, 3.63) is 35.8 Å². The van der Waals surface area contributed by atoms with E-state index in [1.54, 1.807) is 6.20 Å². The van der Waals surface area contributed by atoms with E-state index in [0.29, 0.717) is 32.3 Å². The molecule has 1 amide bonds. The highest BCUT2D eigenvalue weighted by molar-refractivity contribution is 7.22. The van der Waals surface area contributed by atoms with Gasteiger partial charge in [0.25, 0.3) is 0 Å². The standard InChI is InChI=1S/C20H15F2N5OS/c21-11-5-9(11)18(28)26-20-25-14-4-3-13(24-19(14)29-20)17-10-7-23-27-15(10)6-12(22)16(17)8-1-2-8/h3-4,6-9,11H,1-2,5H2,(H,23,27)(H,25,26,28)/t9-,11+/m1/s1. The lowest BCUT2D eigenvalue weighted by molar-refractivity contribution is -0.117. The molecule has 2 saturated carbocycles. The summed E-state index contributed by atoms with van der Waals surface area (Å²) in [5, 5.41) is 10.8. The van der Waals surface area contributed by atoms with Gasteiger partial charge in [0, 0.05) is 16.5 Å². The molecule has 6 rings (SSSR count). The van der Waals surface area contributed by atoms with Crippen molar-refractivity contribution in [2.75, 3.05) is 5.32 Å². The van der Waals surface area contributed by atoms with Crippen LogP contribution in [0.2, 0.25) is 0 Å². The number of carbonyl (C=O) groups is 1. The number of benzene rings is 1. The SMILES string of the molecule is O=C(Nc1nc2ccc(-c3c(C4CC4)c(F)cc4[nH]ncc34)nc2s1)[C@@H]1C[C@@H]1F. The Kier molecular flexibility index (Phi) is 3.53. The largest absolute Gasteiger partial charge is 0.302 e. The van der Waals surface area contributed by atoms with Crippen LogP contribution in [-0.2, 0) is 4.79 Å². The molecule has 29 heavy (non-hydrogen) atoms. The fourth-order valence-electron chi connectivity index (χ4n) is 3.76. The Labute approximate surface area is 167 Å². The fraction of sp³-hybridized carbons (Fsp3) is 0.300. The number of H-pyrrole nitrogens is 1. The predicted octanol–water partition coefficient (Wildman–Crippen LogP) is 4.55. The van der Waals surface area contributed by atoms with E-state index in [2.05, 4.69) is 20.5 Å². The zero-order chi connectivity index (χ0) is 19.7. The first kappa shape index (κ1) is 17.0. The molecule has 1 aromatic carbocycles. The van der Waals surface area contributed by atoms with Crippen LogP contribution >= 0.6 is 11.3 Å². The van der Waals surface area contributed by atoms with Crippen LogP contribution in [0.5, 0.6) is 0 Å². The van der Waals surface area contributed by atoms with Gasteiger partial charge in [0.2, 0.25) is 5.91 Å². The Bertz CT molecular complexity index is 1300. The molecule has 0 bridgehead atoms. The maximum absolute atomic E-state index is 14.8. The van der Waals surface area contributed by atoms with Gasteiger partial charge in [0.1, 0.15) is 22.3 Å². The van der Waals surface area contributed by atoms with Gasteiger partial charge in [-0.1, -0.05) is 11.3 Å². The Morgan fingerprint density at radius 3 is 2.86 bits per heavy atom. The molecule has 0 spiro atoms. The first-order valence-electron chi connectivity index (χ1n) is 9.47. The Balaban J connectivity index is 1.44. The number of carbonyl (C=O) groups excluding carboxylic acids is 1. The number of halogens is 2. The zero-order valence-corrected chi connectivity index (χ0v) is 15.9. The van der Waals surface area contributed by atoms with Crippen LogP contribution in [0, 0.1) is 11.7 Å². The lowest BCUT2D eigenvalue weighted by Crippen LogP contribution is -2.14. The third-order valence-corrected chi connectivity index (χ3v) is 6.39. The van der Waals surface area contributed by atoms with Crippen LogP contribution in [0.15, 0.2) is 24.4 Å². The van der Waals surface area contributed by atoms with Crippen molar-refractivity contribution in [2.24, 2.45) is 5.92 Å². The number of thiazole rings is 1. The van der Waals surface area contributed by atoms with Gasteiger partial charge >= 0.3 is 0 Å². The molecule has 0 unspecified atom stereocenters. The topological polar surface area (TPSA) is 83.6 Å². The summed E-state index contributed by atoms with van der Waals surface area (Å²) in [7, 11) is 0.